The summed E-state index contributed by atoms with van der Waals surface area (Å²) in [6, 6.07) is 9.23. The number of pyridine rings is 1. The van der Waals surface area contributed by atoms with Gasteiger partial charge in [-0.2, -0.15) is 0 Å². The quantitative estimate of drug-likeness (QED) is 0.879. The number of nitrogens with zero attached hydrogens (tertiary/aromatic N) is 1. The van der Waals surface area contributed by atoms with Crippen LogP contribution in [0.2, 0.25) is 0 Å². The molecular formula is C13H11FN2O. The lowest BCUT2D eigenvalue weighted by molar-refractivity contribution is -0.115. The summed E-state index contributed by atoms with van der Waals surface area (Å²) in [5, 5.41) is 2.69. The molecule has 0 radical (unpaired) electrons. The van der Waals surface area contributed by atoms with Crippen LogP contribution in [0.5, 0.6) is 0 Å². The van der Waals surface area contributed by atoms with E-state index in [2.05, 4.69) is 10.3 Å². The molecular weight excluding hydrogens is 219 g/mol. The van der Waals surface area contributed by atoms with E-state index in [9.17, 15) is 9.18 Å². The van der Waals surface area contributed by atoms with Gasteiger partial charge in [-0.15, -0.1) is 0 Å². The summed E-state index contributed by atoms with van der Waals surface area (Å²) in [7, 11) is 0. The molecule has 0 bridgehead atoms. The largest absolute Gasteiger partial charge is 0.326 e. The Morgan fingerprint density at radius 3 is 2.41 bits per heavy atom. The molecule has 0 fully saturated rings. The summed E-state index contributed by atoms with van der Waals surface area (Å²) in [6.07, 6.45) is 3.56. The molecule has 17 heavy (non-hydrogen) atoms. The molecule has 3 nitrogen and oxygen atoms in total. The second kappa shape index (κ2) is 5.21. The predicted molar refractivity (Wildman–Crippen MR) is 63.0 cm³/mol. The van der Waals surface area contributed by atoms with E-state index < -0.39 is 0 Å². The van der Waals surface area contributed by atoms with Gasteiger partial charge in [0, 0.05) is 18.1 Å². The van der Waals surface area contributed by atoms with Gasteiger partial charge in [-0.1, -0.05) is 0 Å². The highest BCUT2D eigenvalue weighted by molar-refractivity contribution is 5.92. The topological polar surface area (TPSA) is 42.0 Å². The average Bonchev–Trinajstić information content (AvgIpc) is 2.33. The number of anilines is 1. The predicted octanol–water partition coefficient (Wildman–Crippen LogP) is 2.40. The summed E-state index contributed by atoms with van der Waals surface area (Å²) < 4.78 is 12.7. The van der Waals surface area contributed by atoms with Gasteiger partial charge in [0.1, 0.15) is 5.82 Å². The SMILES string of the molecule is O=C(Cc1ccncc1)Nc1ccc(F)cc1. The highest BCUT2D eigenvalue weighted by Crippen LogP contribution is 2.09. The minimum Gasteiger partial charge on any atom is -0.326 e. The molecule has 0 unspecified atom stereocenters. The van der Waals surface area contributed by atoms with Gasteiger partial charge in [0.2, 0.25) is 5.91 Å². The van der Waals surface area contributed by atoms with Crippen molar-refractivity contribution in [3.05, 3.63) is 60.2 Å². The Bertz CT molecular complexity index is 497. The molecule has 0 saturated carbocycles. The van der Waals surface area contributed by atoms with Crippen LogP contribution in [0.3, 0.4) is 0 Å². The molecule has 0 aliphatic rings. The zero-order valence-corrected chi connectivity index (χ0v) is 9.06. The molecule has 1 amide bonds. The lowest BCUT2D eigenvalue weighted by Crippen LogP contribution is -2.14. The van der Waals surface area contributed by atoms with Crippen LogP contribution in [0.25, 0.3) is 0 Å². The second-order valence-corrected chi connectivity index (χ2v) is 3.59. The fraction of sp³-hybridized carbons (Fsp3) is 0.0769. The number of carbonyl (C=O) groups excluding carboxylic acids is 1. The standard InChI is InChI=1S/C13H11FN2O/c14-11-1-3-12(4-2-11)16-13(17)9-10-5-7-15-8-6-10/h1-8H,9H2,(H,16,17). The lowest BCUT2D eigenvalue weighted by atomic mass is 10.2. The Kier molecular flexibility index (Phi) is 3.45. The van der Waals surface area contributed by atoms with Crippen LogP contribution >= 0.6 is 0 Å². The molecule has 1 aromatic heterocycles. The summed E-state index contributed by atoms with van der Waals surface area (Å²) in [6.45, 7) is 0. The van der Waals surface area contributed by atoms with Crippen molar-refractivity contribution in [3.63, 3.8) is 0 Å². The van der Waals surface area contributed by atoms with Crippen molar-refractivity contribution < 1.29 is 9.18 Å². The Labute approximate surface area is 98.3 Å². The third-order valence-electron chi connectivity index (χ3n) is 2.24. The fourth-order valence-corrected chi connectivity index (χ4v) is 1.42. The van der Waals surface area contributed by atoms with Crippen molar-refractivity contribution >= 4 is 11.6 Å². The highest BCUT2D eigenvalue weighted by Gasteiger charge is 2.03. The molecule has 0 spiro atoms. The maximum atomic E-state index is 12.7. The van der Waals surface area contributed by atoms with Crippen molar-refractivity contribution in [2.75, 3.05) is 5.32 Å². The Morgan fingerprint density at radius 1 is 1.12 bits per heavy atom. The van der Waals surface area contributed by atoms with E-state index in [0.29, 0.717) is 5.69 Å². The van der Waals surface area contributed by atoms with Crippen LogP contribution in [0.1, 0.15) is 5.56 Å². The average molecular weight is 230 g/mol. The van der Waals surface area contributed by atoms with E-state index in [1.807, 2.05) is 0 Å². The maximum absolute atomic E-state index is 12.7. The Hall–Kier alpha value is -2.23. The minimum atomic E-state index is -0.322. The van der Waals surface area contributed by atoms with Gasteiger partial charge in [-0.25, -0.2) is 4.39 Å². The molecule has 1 N–H and O–H groups in total. The normalized spacial score (nSPS) is 9.94. The molecule has 0 aliphatic carbocycles. The minimum absolute atomic E-state index is 0.136. The highest BCUT2D eigenvalue weighted by atomic mass is 19.1. The van der Waals surface area contributed by atoms with E-state index in [1.54, 1.807) is 24.5 Å². The smallest absolute Gasteiger partial charge is 0.228 e. The number of hydrogen-bond donors (Lipinski definition) is 1. The number of amides is 1. The van der Waals surface area contributed by atoms with Gasteiger partial charge < -0.3 is 5.32 Å². The molecule has 2 rings (SSSR count). The molecule has 1 aromatic carbocycles. The van der Waals surface area contributed by atoms with Crippen molar-refractivity contribution in [1.82, 2.24) is 4.98 Å². The van der Waals surface area contributed by atoms with E-state index in [0.717, 1.165) is 5.56 Å². The summed E-state index contributed by atoms with van der Waals surface area (Å²) in [5.74, 6) is -0.458. The molecule has 1 heterocycles. The number of carbonyl (C=O) groups is 1. The first-order valence-electron chi connectivity index (χ1n) is 5.18. The van der Waals surface area contributed by atoms with Gasteiger partial charge in [0.05, 0.1) is 6.42 Å². The Balaban J connectivity index is 1.96. The van der Waals surface area contributed by atoms with Gasteiger partial charge in [-0.3, -0.25) is 9.78 Å². The van der Waals surface area contributed by atoms with Crippen molar-refractivity contribution in [2.45, 2.75) is 6.42 Å². The molecule has 0 atom stereocenters. The number of aromatic nitrogens is 1. The fourth-order valence-electron chi connectivity index (χ4n) is 1.42. The van der Waals surface area contributed by atoms with Gasteiger partial charge >= 0.3 is 0 Å². The van der Waals surface area contributed by atoms with Crippen molar-refractivity contribution in [1.29, 1.82) is 0 Å². The monoisotopic (exact) mass is 230 g/mol. The summed E-state index contributed by atoms with van der Waals surface area (Å²) >= 11 is 0. The van der Waals surface area contributed by atoms with E-state index in [-0.39, 0.29) is 18.1 Å². The first-order chi connectivity index (χ1) is 8.24. The van der Waals surface area contributed by atoms with Gasteiger partial charge in [0.15, 0.2) is 0 Å². The van der Waals surface area contributed by atoms with E-state index >= 15 is 0 Å². The first-order valence-corrected chi connectivity index (χ1v) is 5.18. The molecule has 86 valence electrons. The number of rotatable bonds is 3. The number of hydrogen-bond acceptors (Lipinski definition) is 2. The third-order valence-corrected chi connectivity index (χ3v) is 2.24. The van der Waals surface area contributed by atoms with E-state index in [1.165, 1.54) is 24.3 Å². The lowest BCUT2D eigenvalue weighted by Gasteiger charge is -2.04. The third kappa shape index (κ3) is 3.38. The maximum Gasteiger partial charge on any atom is 0.228 e. The zero-order valence-electron chi connectivity index (χ0n) is 9.06. The van der Waals surface area contributed by atoms with Crippen molar-refractivity contribution in [2.24, 2.45) is 0 Å². The zero-order chi connectivity index (χ0) is 12.1. The molecule has 0 saturated heterocycles. The van der Waals surface area contributed by atoms with Gasteiger partial charge in [-0.05, 0) is 42.0 Å². The van der Waals surface area contributed by atoms with Gasteiger partial charge in [0.25, 0.3) is 0 Å². The molecule has 2 aromatic rings. The summed E-state index contributed by atoms with van der Waals surface area (Å²) in [4.78, 5) is 15.5. The number of halogens is 1. The van der Waals surface area contributed by atoms with Crippen LogP contribution < -0.4 is 5.32 Å². The number of nitrogens with one attached hydrogen (secondary N) is 1. The number of benzene rings is 1. The van der Waals surface area contributed by atoms with Crippen LogP contribution in [0.4, 0.5) is 10.1 Å². The molecule has 0 aliphatic heterocycles. The van der Waals surface area contributed by atoms with Crippen LogP contribution in [0, 0.1) is 5.82 Å². The summed E-state index contributed by atoms with van der Waals surface area (Å²) in [5.41, 5.74) is 1.48. The van der Waals surface area contributed by atoms with Crippen molar-refractivity contribution in [3.8, 4) is 0 Å². The molecule has 4 heteroatoms. The van der Waals surface area contributed by atoms with Crippen LogP contribution in [-0.2, 0) is 11.2 Å². The first kappa shape index (κ1) is 11.3. The second-order valence-electron chi connectivity index (χ2n) is 3.59. The Morgan fingerprint density at radius 2 is 1.76 bits per heavy atom. The van der Waals surface area contributed by atoms with Crippen LogP contribution in [-0.4, -0.2) is 10.9 Å². The van der Waals surface area contributed by atoms with Crippen LogP contribution in [0.15, 0.2) is 48.8 Å². The van der Waals surface area contributed by atoms with E-state index in [4.69, 9.17) is 0 Å².